The zero-order valence-electron chi connectivity index (χ0n) is 22.1. The van der Waals surface area contributed by atoms with Crippen LogP contribution in [0, 0.1) is 34.5 Å². The van der Waals surface area contributed by atoms with Gasteiger partial charge in [-0.25, -0.2) is 0 Å². The van der Waals surface area contributed by atoms with E-state index in [1.165, 1.54) is 30.3 Å². The van der Waals surface area contributed by atoms with Crippen molar-refractivity contribution in [3.8, 4) is 0 Å². The molecule has 35 heavy (non-hydrogen) atoms. The summed E-state index contributed by atoms with van der Waals surface area (Å²) < 4.78 is 12.7. The Kier molecular flexibility index (Phi) is 8.14. The van der Waals surface area contributed by atoms with Gasteiger partial charge in [0.25, 0.3) is 5.97 Å². The fourth-order valence-corrected chi connectivity index (χ4v) is 8.90. The third-order valence-electron chi connectivity index (χ3n) is 10.5. The molecular weight excluding hydrogens is 444 g/mol. The zero-order chi connectivity index (χ0) is 25.4. The summed E-state index contributed by atoms with van der Waals surface area (Å²) >= 11 is 0. The maximum atomic E-state index is 12.8. The predicted octanol–water partition coefficient (Wildman–Crippen LogP) is 5.52. The molecule has 4 fully saturated rings. The summed E-state index contributed by atoms with van der Waals surface area (Å²) in [6.45, 7) is 5.66. The molecule has 0 bridgehead atoms. The number of allylic oxidation sites excluding steroid dienone is 2. The van der Waals surface area contributed by atoms with Crippen molar-refractivity contribution in [3.63, 3.8) is 0 Å². The zero-order valence-corrected chi connectivity index (χ0v) is 22.1. The van der Waals surface area contributed by atoms with Crippen molar-refractivity contribution >= 4 is 12.3 Å². The van der Waals surface area contributed by atoms with Crippen LogP contribution in [0.1, 0.15) is 97.8 Å². The van der Waals surface area contributed by atoms with Gasteiger partial charge in [-0.15, -0.1) is 0 Å². The second-order valence-corrected chi connectivity index (χ2v) is 12.2. The number of aliphatic hydroxyl groups is 1. The van der Waals surface area contributed by atoms with E-state index in [2.05, 4.69) is 13.8 Å². The van der Waals surface area contributed by atoms with E-state index in [0.717, 1.165) is 71.1 Å². The molecule has 0 radical (unpaired) electrons. The quantitative estimate of drug-likeness (QED) is 0.300. The molecule has 0 aliphatic heterocycles. The first-order chi connectivity index (χ1) is 16.7. The molecule has 0 aromatic rings. The molecular formula is C29H46O6. The molecule has 5 aliphatic rings. The van der Waals surface area contributed by atoms with Crippen LogP contribution in [0.3, 0.4) is 0 Å². The first-order valence-corrected chi connectivity index (χ1v) is 13.9. The molecule has 5 rings (SSSR count). The number of aliphatic carboxylic acids is 1. The van der Waals surface area contributed by atoms with Gasteiger partial charge in [-0.3, -0.25) is 4.79 Å². The smallest absolute Gasteiger partial charge is 0.300 e. The monoisotopic (exact) mass is 490 g/mol. The number of rotatable bonds is 5. The van der Waals surface area contributed by atoms with Crippen LogP contribution >= 0.6 is 0 Å². The third-order valence-corrected chi connectivity index (χ3v) is 10.5. The average Bonchev–Trinajstić information content (AvgIpc) is 3.44. The highest BCUT2D eigenvalue weighted by molar-refractivity contribution is 5.68. The van der Waals surface area contributed by atoms with E-state index in [-0.39, 0.29) is 29.1 Å². The topological polar surface area (TPSA) is 93.1 Å². The third kappa shape index (κ3) is 4.75. The molecule has 198 valence electrons. The summed E-state index contributed by atoms with van der Waals surface area (Å²) in [5, 5.41) is 18.4. The van der Waals surface area contributed by atoms with Gasteiger partial charge < -0.3 is 24.5 Å². The molecule has 0 aromatic carbocycles. The molecule has 8 atom stereocenters. The second-order valence-electron chi connectivity index (χ2n) is 12.2. The average molecular weight is 491 g/mol. The molecule has 5 aliphatic carbocycles. The Morgan fingerprint density at radius 3 is 2.40 bits per heavy atom. The Hall–Kier alpha value is -1.24. The van der Waals surface area contributed by atoms with Crippen molar-refractivity contribution in [2.45, 2.75) is 116 Å². The lowest BCUT2D eigenvalue weighted by Gasteiger charge is -2.60. The van der Waals surface area contributed by atoms with Crippen molar-refractivity contribution in [1.82, 2.24) is 0 Å². The number of hydrogen-bond acceptors (Lipinski definition) is 5. The van der Waals surface area contributed by atoms with E-state index in [0.29, 0.717) is 23.9 Å². The minimum atomic E-state index is -0.833. The SMILES string of the molecule is CC(=O)O.COC(OC1CCCC1)[C@H]1CC2=C(C)CCC[C@]2(C=O)[C@H]2CC[C@]3(C)[C@@H](O)CC[C@H]3[C@H]12. The molecule has 0 saturated heterocycles. The van der Waals surface area contributed by atoms with Gasteiger partial charge in [-0.1, -0.05) is 30.9 Å². The molecule has 0 aromatic heterocycles. The molecule has 6 nitrogen and oxygen atoms in total. The Balaban J connectivity index is 0.000000672. The van der Waals surface area contributed by atoms with E-state index in [1.54, 1.807) is 0 Å². The number of ether oxygens (including phenoxy) is 2. The first kappa shape index (κ1) is 26.8. The van der Waals surface area contributed by atoms with Crippen molar-refractivity contribution < 1.29 is 29.3 Å². The minimum Gasteiger partial charge on any atom is -0.481 e. The van der Waals surface area contributed by atoms with Crippen molar-refractivity contribution in [3.05, 3.63) is 11.1 Å². The lowest BCUT2D eigenvalue weighted by atomic mass is 9.44. The highest BCUT2D eigenvalue weighted by atomic mass is 16.7. The van der Waals surface area contributed by atoms with Crippen molar-refractivity contribution in [2.75, 3.05) is 7.11 Å². The Bertz CT molecular complexity index is 812. The largest absolute Gasteiger partial charge is 0.481 e. The predicted molar refractivity (Wildman–Crippen MR) is 134 cm³/mol. The summed E-state index contributed by atoms with van der Waals surface area (Å²) in [4.78, 5) is 21.8. The van der Waals surface area contributed by atoms with Gasteiger partial charge in [0.1, 0.15) is 6.29 Å². The first-order valence-electron chi connectivity index (χ1n) is 13.9. The maximum absolute atomic E-state index is 12.8. The number of carbonyl (C=O) groups is 2. The maximum Gasteiger partial charge on any atom is 0.300 e. The van der Waals surface area contributed by atoms with Crippen LogP contribution in [-0.4, -0.2) is 48.1 Å². The van der Waals surface area contributed by atoms with Crippen LogP contribution in [0.5, 0.6) is 0 Å². The number of aliphatic hydroxyl groups excluding tert-OH is 1. The fraction of sp³-hybridized carbons (Fsp3) is 0.862. The molecule has 0 amide bonds. The molecule has 1 unspecified atom stereocenters. The van der Waals surface area contributed by atoms with Gasteiger partial charge in [0.15, 0.2) is 6.29 Å². The van der Waals surface area contributed by atoms with Gasteiger partial charge in [0.05, 0.1) is 17.6 Å². The number of carboxylic acid groups (broad SMARTS) is 1. The minimum absolute atomic E-state index is 0.0277. The fourth-order valence-electron chi connectivity index (χ4n) is 8.90. The van der Waals surface area contributed by atoms with Crippen LogP contribution in [0.2, 0.25) is 0 Å². The number of hydrogen-bond donors (Lipinski definition) is 2. The van der Waals surface area contributed by atoms with E-state index in [4.69, 9.17) is 19.4 Å². The molecule has 4 saturated carbocycles. The van der Waals surface area contributed by atoms with Gasteiger partial charge in [0.2, 0.25) is 0 Å². The van der Waals surface area contributed by atoms with Gasteiger partial charge in [-0.2, -0.15) is 0 Å². The Morgan fingerprint density at radius 1 is 1.09 bits per heavy atom. The summed E-state index contributed by atoms with van der Waals surface area (Å²) in [6.07, 6.45) is 14.2. The standard InChI is InChI=1S/C27H42O4.C2H4O2/c1-17-7-6-13-27(16-28)21-12-14-26(2)20(10-11-23(26)29)24(21)19(15-22(17)27)25(30-3)31-18-8-4-5-9-18;1-2(3)4/h16,18-21,23-25,29H,4-15H2,1-3H3;1H3,(H,3,4)/t19-,20-,21-,23-,24-,25?,26-,27-;/m0./s1. The Labute approximate surface area is 210 Å². The van der Waals surface area contributed by atoms with E-state index in [9.17, 15) is 9.90 Å². The number of fused-ring (bicyclic) bond motifs is 5. The van der Waals surface area contributed by atoms with Gasteiger partial charge in [0, 0.05) is 20.0 Å². The molecule has 6 heteroatoms. The summed E-state index contributed by atoms with van der Waals surface area (Å²) in [7, 11) is 1.81. The molecule has 0 spiro atoms. The number of carboxylic acids is 1. The van der Waals surface area contributed by atoms with E-state index < -0.39 is 5.97 Å². The van der Waals surface area contributed by atoms with Crippen LogP contribution in [0.15, 0.2) is 11.1 Å². The number of carbonyl (C=O) groups excluding carboxylic acids is 1. The van der Waals surface area contributed by atoms with E-state index in [1.807, 2.05) is 7.11 Å². The van der Waals surface area contributed by atoms with Gasteiger partial charge >= 0.3 is 0 Å². The highest BCUT2D eigenvalue weighted by Gasteiger charge is 2.63. The Morgan fingerprint density at radius 2 is 1.77 bits per heavy atom. The van der Waals surface area contributed by atoms with Crippen LogP contribution in [-0.2, 0) is 19.1 Å². The lowest BCUT2D eigenvalue weighted by Crippen LogP contribution is -2.58. The van der Waals surface area contributed by atoms with Crippen molar-refractivity contribution in [2.24, 2.45) is 34.5 Å². The summed E-state index contributed by atoms with van der Waals surface area (Å²) in [5.41, 5.74) is 2.54. The second kappa shape index (κ2) is 10.6. The molecule has 0 heterocycles. The normalized spacial score (nSPS) is 41.8. The van der Waals surface area contributed by atoms with Crippen LogP contribution in [0.4, 0.5) is 0 Å². The number of aldehydes is 1. The van der Waals surface area contributed by atoms with E-state index >= 15 is 0 Å². The summed E-state index contributed by atoms with van der Waals surface area (Å²) in [5.74, 6) is 0.655. The highest BCUT2D eigenvalue weighted by Crippen LogP contribution is 2.67. The van der Waals surface area contributed by atoms with Crippen LogP contribution < -0.4 is 0 Å². The molecule has 2 N–H and O–H groups in total. The van der Waals surface area contributed by atoms with Crippen LogP contribution in [0.25, 0.3) is 0 Å². The summed E-state index contributed by atoms with van der Waals surface area (Å²) in [6, 6.07) is 0. The number of methoxy groups -OCH3 is 1. The van der Waals surface area contributed by atoms with Gasteiger partial charge in [-0.05, 0) is 94.3 Å². The lowest BCUT2D eigenvalue weighted by molar-refractivity contribution is -0.221. The van der Waals surface area contributed by atoms with Crippen molar-refractivity contribution in [1.29, 1.82) is 0 Å².